The highest BCUT2D eigenvalue weighted by Crippen LogP contribution is 2.25. The van der Waals surface area contributed by atoms with Crippen LogP contribution in [0.15, 0.2) is 18.2 Å². The predicted octanol–water partition coefficient (Wildman–Crippen LogP) is 3.54. The number of nitrogens with zero attached hydrogens (tertiary/aromatic N) is 1. The summed E-state index contributed by atoms with van der Waals surface area (Å²) < 4.78 is 0. The fraction of sp³-hybridized carbons (Fsp3) is 0.588. The highest BCUT2D eigenvalue weighted by Gasteiger charge is 2.30. The van der Waals surface area contributed by atoms with Gasteiger partial charge in [-0.25, -0.2) is 0 Å². The molecular formula is C17H26N2O. The van der Waals surface area contributed by atoms with Crippen molar-refractivity contribution in [2.45, 2.75) is 34.1 Å². The Kier molecular flexibility index (Phi) is 4.69. The number of carbonyl (C=O) groups excluding carboxylic acids is 1. The van der Waals surface area contributed by atoms with E-state index in [2.05, 4.69) is 32.2 Å². The summed E-state index contributed by atoms with van der Waals surface area (Å²) in [5.41, 5.74) is 3.00. The van der Waals surface area contributed by atoms with Crippen molar-refractivity contribution in [2.24, 2.45) is 11.8 Å². The van der Waals surface area contributed by atoms with Gasteiger partial charge in [0.1, 0.15) is 0 Å². The molecule has 2 rings (SSSR count). The predicted molar refractivity (Wildman–Crippen MR) is 84.2 cm³/mol. The van der Waals surface area contributed by atoms with Crippen molar-refractivity contribution >= 4 is 11.6 Å². The largest absolute Gasteiger partial charge is 0.385 e. The number of hydrogen-bond acceptors (Lipinski definition) is 2. The van der Waals surface area contributed by atoms with Crippen LogP contribution in [0.5, 0.6) is 0 Å². The summed E-state index contributed by atoms with van der Waals surface area (Å²) in [6.07, 6.45) is 1.10. The van der Waals surface area contributed by atoms with Gasteiger partial charge in [-0.1, -0.05) is 20.8 Å². The summed E-state index contributed by atoms with van der Waals surface area (Å²) in [7, 11) is 0. The van der Waals surface area contributed by atoms with Gasteiger partial charge in [0.15, 0.2) is 0 Å². The molecule has 110 valence electrons. The fourth-order valence-electron chi connectivity index (χ4n) is 2.75. The summed E-state index contributed by atoms with van der Waals surface area (Å²) in [6.45, 7) is 11.4. The van der Waals surface area contributed by atoms with Crippen LogP contribution in [-0.2, 0) is 0 Å². The SMILES string of the molecule is CCCNc1ccc(C(=O)N2CC(C)C(C)C2)c(C)c1. The first-order valence-corrected chi connectivity index (χ1v) is 7.66. The monoisotopic (exact) mass is 274 g/mol. The Bertz CT molecular complexity index is 474. The van der Waals surface area contributed by atoms with Gasteiger partial charge in [-0.15, -0.1) is 0 Å². The molecule has 2 unspecified atom stereocenters. The van der Waals surface area contributed by atoms with Gasteiger partial charge < -0.3 is 10.2 Å². The quantitative estimate of drug-likeness (QED) is 0.910. The van der Waals surface area contributed by atoms with Crippen LogP contribution in [0, 0.1) is 18.8 Å². The van der Waals surface area contributed by atoms with Crippen LogP contribution >= 0.6 is 0 Å². The Morgan fingerprint density at radius 3 is 2.50 bits per heavy atom. The normalized spacial score (nSPS) is 22.1. The molecule has 1 aliphatic rings. The van der Waals surface area contributed by atoms with Crippen LogP contribution in [0.1, 0.15) is 43.1 Å². The van der Waals surface area contributed by atoms with Crippen molar-refractivity contribution in [1.29, 1.82) is 0 Å². The lowest BCUT2D eigenvalue weighted by Crippen LogP contribution is -2.29. The zero-order valence-electron chi connectivity index (χ0n) is 13.1. The first-order valence-electron chi connectivity index (χ1n) is 7.66. The van der Waals surface area contributed by atoms with Crippen molar-refractivity contribution in [3.05, 3.63) is 29.3 Å². The third-order valence-electron chi connectivity index (χ3n) is 4.31. The first kappa shape index (κ1) is 14.9. The standard InChI is InChI=1S/C17H26N2O/c1-5-8-18-15-6-7-16(12(2)9-15)17(20)19-10-13(3)14(4)11-19/h6-7,9,13-14,18H,5,8,10-11H2,1-4H3. The lowest BCUT2D eigenvalue weighted by Gasteiger charge is -2.18. The Labute approximate surface area is 122 Å². The number of amides is 1. The number of nitrogens with one attached hydrogen (secondary N) is 1. The number of carbonyl (C=O) groups is 1. The average Bonchev–Trinajstić information content (AvgIpc) is 2.76. The van der Waals surface area contributed by atoms with Gasteiger partial charge in [-0.3, -0.25) is 4.79 Å². The van der Waals surface area contributed by atoms with Gasteiger partial charge in [0.05, 0.1) is 0 Å². The van der Waals surface area contributed by atoms with E-state index in [1.165, 1.54) is 0 Å². The van der Waals surface area contributed by atoms with Gasteiger partial charge in [0.25, 0.3) is 5.91 Å². The van der Waals surface area contributed by atoms with E-state index in [1.54, 1.807) is 0 Å². The molecule has 1 heterocycles. The molecule has 0 spiro atoms. The van der Waals surface area contributed by atoms with Crippen LogP contribution in [0.2, 0.25) is 0 Å². The zero-order chi connectivity index (χ0) is 14.7. The molecule has 2 atom stereocenters. The third kappa shape index (κ3) is 3.14. The number of anilines is 1. The maximum Gasteiger partial charge on any atom is 0.254 e. The second-order valence-electron chi connectivity index (χ2n) is 6.12. The fourth-order valence-corrected chi connectivity index (χ4v) is 2.75. The number of rotatable bonds is 4. The smallest absolute Gasteiger partial charge is 0.254 e. The van der Waals surface area contributed by atoms with Crippen molar-refractivity contribution in [3.63, 3.8) is 0 Å². The van der Waals surface area contributed by atoms with Crippen molar-refractivity contribution in [3.8, 4) is 0 Å². The lowest BCUT2D eigenvalue weighted by atomic mass is 10.0. The molecular weight excluding hydrogens is 248 g/mol. The highest BCUT2D eigenvalue weighted by molar-refractivity contribution is 5.96. The number of aryl methyl sites for hydroxylation is 1. The Balaban J connectivity index is 2.10. The molecule has 20 heavy (non-hydrogen) atoms. The number of benzene rings is 1. The van der Waals surface area contributed by atoms with Crippen LogP contribution in [-0.4, -0.2) is 30.4 Å². The molecule has 0 aromatic heterocycles. The van der Waals surface area contributed by atoms with Gasteiger partial charge >= 0.3 is 0 Å². The summed E-state index contributed by atoms with van der Waals surface area (Å²) in [4.78, 5) is 14.6. The highest BCUT2D eigenvalue weighted by atomic mass is 16.2. The Morgan fingerprint density at radius 2 is 1.95 bits per heavy atom. The molecule has 0 saturated carbocycles. The summed E-state index contributed by atoms with van der Waals surface area (Å²) >= 11 is 0. The molecule has 1 saturated heterocycles. The minimum atomic E-state index is 0.181. The molecule has 1 amide bonds. The lowest BCUT2D eigenvalue weighted by molar-refractivity contribution is 0.0784. The topological polar surface area (TPSA) is 32.3 Å². The zero-order valence-corrected chi connectivity index (χ0v) is 13.1. The molecule has 1 aromatic carbocycles. The molecule has 0 radical (unpaired) electrons. The van der Waals surface area contributed by atoms with E-state index >= 15 is 0 Å². The van der Waals surface area contributed by atoms with Crippen LogP contribution < -0.4 is 5.32 Å². The number of likely N-dealkylation sites (tertiary alicyclic amines) is 1. The van der Waals surface area contributed by atoms with E-state index in [9.17, 15) is 4.79 Å². The molecule has 0 aliphatic carbocycles. The van der Waals surface area contributed by atoms with E-state index in [-0.39, 0.29) is 5.91 Å². The molecule has 3 heteroatoms. The minimum Gasteiger partial charge on any atom is -0.385 e. The molecule has 3 nitrogen and oxygen atoms in total. The summed E-state index contributed by atoms with van der Waals surface area (Å²) in [6, 6.07) is 6.05. The summed E-state index contributed by atoms with van der Waals surface area (Å²) in [5.74, 6) is 1.38. The van der Waals surface area contributed by atoms with Crippen LogP contribution in [0.3, 0.4) is 0 Å². The molecule has 1 aromatic rings. The van der Waals surface area contributed by atoms with Gasteiger partial charge in [-0.2, -0.15) is 0 Å². The second kappa shape index (κ2) is 6.29. The molecule has 1 aliphatic heterocycles. The van der Waals surface area contributed by atoms with Gasteiger partial charge in [0.2, 0.25) is 0 Å². The van der Waals surface area contributed by atoms with E-state index in [0.717, 1.165) is 42.9 Å². The summed E-state index contributed by atoms with van der Waals surface area (Å²) in [5, 5.41) is 3.36. The van der Waals surface area contributed by atoms with E-state index in [1.807, 2.05) is 24.0 Å². The van der Waals surface area contributed by atoms with Gasteiger partial charge in [0, 0.05) is 30.9 Å². The Morgan fingerprint density at radius 1 is 1.30 bits per heavy atom. The molecule has 1 N–H and O–H groups in total. The first-order chi connectivity index (χ1) is 9.52. The maximum atomic E-state index is 12.6. The van der Waals surface area contributed by atoms with Crippen LogP contribution in [0.4, 0.5) is 5.69 Å². The van der Waals surface area contributed by atoms with Crippen molar-refractivity contribution in [1.82, 2.24) is 4.90 Å². The number of hydrogen-bond donors (Lipinski definition) is 1. The van der Waals surface area contributed by atoms with E-state index < -0.39 is 0 Å². The Hall–Kier alpha value is -1.51. The minimum absolute atomic E-state index is 0.181. The molecule has 0 bridgehead atoms. The second-order valence-corrected chi connectivity index (χ2v) is 6.12. The van der Waals surface area contributed by atoms with E-state index in [0.29, 0.717) is 11.8 Å². The molecule has 1 fully saturated rings. The average molecular weight is 274 g/mol. The van der Waals surface area contributed by atoms with Crippen molar-refractivity contribution in [2.75, 3.05) is 25.0 Å². The van der Waals surface area contributed by atoms with E-state index in [4.69, 9.17) is 0 Å². The third-order valence-corrected chi connectivity index (χ3v) is 4.31. The maximum absolute atomic E-state index is 12.6. The van der Waals surface area contributed by atoms with Crippen molar-refractivity contribution < 1.29 is 4.79 Å². The van der Waals surface area contributed by atoms with Gasteiger partial charge in [-0.05, 0) is 48.9 Å². The van der Waals surface area contributed by atoms with Crippen LogP contribution in [0.25, 0.3) is 0 Å².